The van der Waals surface area contributed by atoms with E-state index in [1.54, 1.807) is 0 Å². The van der Waals surface area contributed by atoms with Crippen LogP contribution in [0.25, 0.3) is 87.5 Å². The summed E-state index contributed by atoms with van der Waals surface area (Å²) < 4.78 is 2.57. The van der Waals surface area contributed by atoms with Gasteiger partial charge < -0.3 is 0 Å². The van der Waals surface area contributed by atoms with E-state index in [1.807, 2.05) is 17.4 Å². The molecule has 8 aromatic carbocycles. The lowest BCUT2D eigenvalue weighted by atomic mass is 9.74. The Balaban J connectivity index is 1.11. The Labute approximate surface area is 336 Å². The number of nitrogens with zero attached hydrogens (tertiary/aromatic N) is 2. The lowest BCUT2D eigenvalue weighted by Crippen LogP contribution is -2.22. The summed E-state index contributed by atoms with van der Waals surface area (Å²) in [6, 6.07) is 72.4. The molecule has 0 spiro atoms. The largest absolute Gasteiger partial charge is 0.228 e. The monoisotopic (exact) mass is 744 g/mol. The van der Waals surface area contributed by atoms with E-state index < -0.39 is 0 Å². The molecule has 0 amide bonds. The van der Waals surface area contributed by atoms with Crippen LogP contribution in [0.2, 0.25) is 0 Å². The molecular weight excluding hydrogens is 709 g/mol. The summed E-state index contributed by atoms with van der Waals surface area (Å²) in [5.74, 6) is 0.707. The Morgan fingerprint density at radius 1 is 0.368 bits per heavy atom. The van der Waals surface area contributed by atoms with Crippen molar-refractivity contribution in [1.29, 1.82) is 0 Å². The van der Waals surface area contributed by atoms with Crippen LogP contribution in [0, 0.1) is 0 Å². The molecule has 10 aromatic rings. The van der Waals surface area contributed by atoms with E-state index in [1.165, 1.54) is 53.6 Å². The third-order valence-electron chi connectivity index (χ3n) is 11.8. The highest BCUT2D eigenvalue weighted by molar-refractivity contribution is 7.25. The van der Waals surface area contributed by atoms with Crippen molar-refractivity contribution in [3.8, 4) is 67.3 Å². The second-order valence-electron chi connectivity index (χ2n) is 15.1. The average molecular weight is 745 g/mol. The number of rotatable bonds is 6. The van der Waals surface area contributed by atoms with Gasteiger partial charge in [0.05, 0.1) is 11.4 Å². The van der Waals surface area contributed by atoms with Gasteiger partial charge in [-0.2, -0.15) is 0 Å². The van der Waals surface area contributed by atoms with Crippen LogP contribution in [0.15, 0.2) is 200 Å². The molecule has 0 radical (unpaired) electrons. The Hall–Kier alpha value is -6.94. The van der Waals surface area contributed by atoms with Crippen molar-refractivity contribution in [3.05, 3.63) is 217 Å². The topological polar surface area (TPSA) is 25.8 Å². The first-order valence-corrected chi connectivity index (χ1v) is 20.3. The molecule has 0 aliphatic heterocycles. The quantitative estimate of drug-likeness (QED) is 0.169. The lowest BCUT2D eigenvalue weighted by molar-refractivity contribution is 0.714. The molecule has 0 bridgehead atoms. The molecule has 2 aromatic heterocycles. The van der Waals surface area contributed by atoms with E-state index in [0.717, 1.165) is 44.8 Å². The minimum Gasteiger partial charge on any atom is -0.228 e. The first-order chi connectivity index (χ1) is 28.1. The summed E-state index contributed by atoms with van der Waals surface area (Å²) in [5.41, 5.74) is 15.8. The van der Waals surface area contributed by atoms with Crippen LogP contribution in [0.4, 0.5) is 0 Å². The van der Waals surface area contributed by atoms with Crippen molar-refractivity contribution in [2.75, 3.05) is 0 Å². The molecule has 11 rings (SSSR count). The predicted molar refractivity (Wildman–Crippen MR) is 240 cm³/mol. The fourth-order valence-electron chi connectivity index (χ4n) is 8.84. The molecule has 268 valence electrons. The first kappa shape index (κ1) is 33.4. The van der Waals surface area contributed by atoms with Gasteiger partial charge in [-0.25, -0.2) is 9.97 Å². The van der Waals surface area contributed by atoms with Gasteiger partial charge in [0.25, 0.3) is 0 Å². The van der Waals surface area contributed by atoms with Gasteiger partial charge in [-0.3, -0.25) is 0 Å². The van der Waals surface area contributed by atoms with E-state index >= 15 is 0 Å². The zero-order valence-corrected chi connectivity index (χ0v) is 32.2. The summed E-state index contributed by atoms with van der Waals surface area (Å²) >= 11 is 1.83. The van der Waals surface area contributed by atoms with Gasteiger partial charge in [-0.05, 0) is 106 Å². The molecule has 2 heterocycles. The van der Waals surface area contributed by atoms with Crippen LogP contribution >= 0.6 is 11.3 Å². The third kappa shape index (κ3) is 5.62. The summed E-state index contributed by atoms with van der Waals surface area (Å²) in [6.45, 7) is 2.38. The molecule has 2 nitrogen and oxygen atoms in total. The lowest BCUT2D eigenvalue weighted by Gasteiger charge is -2.28. The Morgan fingerprint density at radius 3 is 1.74 bits per heavy atom. The maximum atomic E-state index is 5.31. The average Bonchev–Trinajstić information content (AvgIpc) is 3.79. The van der Waals surface area contributed by atoms with Crippen LogP contribution in [0.3, 0.4) is 0 Å². The van der Waals surface area contributed by atoms with Crippen LogP contribution < -0.4 is 0 Å². The molecule has 1 aliphatic carbocycles. The van der Waals surface area contributed by atoms with Crippen molar-refractivity contribution in [3.63, 3.8) is 0 Å². The van der Waals surface area contributed by atoms with Gasteiger partial charge in [0.15, 0.2) is 5.82 Å². The third-order valence-corrected chi connectivity index (χ3v) is 12.9. The van der Waals surface area contributed by atoms with E-state index in [-0.39, 0.29) is 5.41 Å². The van der Waals surface area contributed by atoms with Crippen LogP contribution in [-0.2, 0) is 5.41 Å². The van der Waals surface area contributed by atoms with Gasteiger partial charge in [-0.15, -0.1) is 11.3 Å². The number of benzene rings is 8. The highest BCUT2D eigenvalue weighted by atomic mass is 32.1. The summed E-state index contributed by atoms with van der Waals surface area (Å²) in [6.07, 6.45) is 0. The van der Waals surface area contributed by atoms with Gasteiger partial charge in [0.1, 0.15) is 0 Å². The predicted octanol–water partition coefficient (Wildman–Crippen LogP) is 14.5. The van der Waals surface area contributed by atoms with Crippen molar-refractivity contribution >= 4 is 31.5 Å². The van der Waals surface area contributed by atoms with Gasteiger partial charge in [0, 0.05) is 42.3 Å². The van der Waals surface area contributed by atoms with Crippen LogP contribution in [0.1, 0.15) is 23.6 Å². The zero-order chi connectivity index (χ0) is 37.9. The Kier molecular flexibility index (Phi) is 7.84. The van der Waals surface area contributed by atoms with E-state index in [9.17, 15) is 0 Å². The second-order valence-corrected chi connectivity index (χ2v) is 16.2. The van der Waals surface area contributed by atoms with Gasteiger partial charge in [-0.1, -0.05) is 152 Å². The highest BCUT2D eigenvalue weighted by Gasteiger charge is 2.40. The Morgan fingerprint density at radius 2 is 0.947 bits per heavy atom. The first-order valence-electron chi connectivity index (χ1n) is 19.5. The molecule has 0 fully saturated rings. The SMILES string of the molecule is CC1(c2ccccc2)c2ccccc2-c2ccc(-c3cc(-c4ccccc4)cc(-c4cc(-c5ccc6sc7ccccc7c6c5)nc(-c5ccccc5)n4)c3)cc21. The molecule has 0 saturated carbocycles. The van der Waals surface area contributed by atoms with Crippen molar-refractivity contribution < 1.29 is 0 Å². The highest BCUT2D eigenvalue weighted by Crippen LogP contribution is 2.53. The van der Waals surface area contributed by atoms with E-state index in [4.69, 9.17) is 9.97 Å². The molecule has 1 atom stereocenters. The normalized spacial score (nSPS) is 14.5. The van der Waals surface area contributed by atoms with Crippen LogP contribution in [0.5, 0.6) is 0 Å². The maximum Gasteiger partial charge on any atom is 0.160 e. The van der Waals surface area contributed by atoms with Crippen molar-refractivity contribution in [2.24, 2.45) is 0 Å². The summed E-state index contributed by atoms with van der Waals surface area (Å²) in [4.78, 5) is 10.5. The maximum absolute atomic E-state index is 5.31. The van der Waals surface area contributed by atoms with E-state index in [2.05, 4.69) is 201 Å². The molecule has 0 N–H and O–H groups in total. The zero-order valence-electron chi connectivity index (χ0n) is 31.4. The number of aromatic nitrogens is 2. The molecule has 1 unspecified atom stereocenters. The smallest absolute Gasteiger partial charge is 0.160 e. The van der Waals surface area contributed by atoms with Gasteiger partial charge in [0.2, 0.25) is 0 Å². The standard InChI is InChI=1S/C54H36N2S/c1-54(42-19-9-4-10-20-42)47-23-13-11-21-43(47)44-27-25-37(33-48(44)54)40-29-39(35-15-5-2-6-16-35)30-41(31-40)50-34-49(55-53(56-50)36-17-7-3-8-18-36)38-26-28-52-46(32-38)45-22-12-14-24-51(45)57-52/h2-34H,1H3. The van der Waals surface area contributed by atoms with Crippen molar-refractivity contribution in [2.45, 2.75) is 12.3 Å². The molecule has 0 saturated heterocycles. The summed E-state index contributed by atoms with van der Waals surface area (Å²) in [7, 11) is 0. The van der Waals surface area contributed by atoms with Crippen LogP contribution in [-0.4, -0.2) is 9.97 Å². The fraction of sp³-hybridized carbons (Fsp3) is 0.0370. The minimum absolute atomic E-state index is 0.288. The molecular formula is C54H36N2S. The van der Waals surface area contributed by atoms with E-state index in [0.29, 0.717) is 5.82 Å². The minimum atomic E-state index is -0.288. The van der Waals surface area contributed by atoms with Crippen molar-refractivity contribution in [1.82, 2.24) is 9.97 Å². The fourth-order valence-corrected chi connectivity index (χ4v) is 9.92. The molecule has 57 heavy (non-hydrogen) atoms. The number of fused-ring (bicyclic) bond motifs is 6. The molecule has 3 heteroatoms. The second kappa shape index (κ2) is 13.4. The van der Waals surface area contributed by atoms with Gasteiger partial charge >= 0.3 is 0 Å². The number of hydrogen-bond acceptors (Lipinski definition) is 3. The summed E-state index contributed by atoms with van der Waals surface area (Å²) in [5, 5.41) is 2.53. The Bertz CT molecular complexity index is 3130. The molecule has 1 aliphatic rings. The number of hydrogen-bond donors (Lipinski definition) is 0. The number of thiophene rings is 1.